The van der Waals surface area contributed by atoms with Crippen LogP contribution in [0.15, 0.2) is 60.7 Å². The molecule has 6 heteroatoms. The van der Waals surface area contributed by atoms with E-state index in [1.165, 1.54) is 0 Å². The Kier molecular flexibility index (Phi) is 8.23. The van der Waals surface area contributed by atoms with Gasteiger partial charge in [-0.1, -0.05) is 30.8 Å². The van der Waals surface area contributed by atoms with Gasteiger partial charge in [0.05, 0.1) is 38.5 Å². The molecule has 2 aromatic carbocycles. The van der Waals surface area contributed by atoms with Crippen LogP contribution in [-0.4, -0.2) is 26.3 Å². The Bertz CT molecular complexity index is 1010. The van der Waals surface area contributed by atoms with Gasteiger partial charge in [0.25, 0.3) is 0 Å². The number of ether oxygens (including phenoxy) is 3. The minimum atomic E-state index is -0.414. The smallest absolute Gasteiger partial charge is 0.333 e. The number of nitriles is 1. The van der Waals surface area contributed by atoms with Crippen LogP contribution in [-0.2, 0) is 9.53 Å². The molecule has 0 unspecified atom stereocenters. The second kappa shape index (κ2) is 11.1. The Morgan fingerprint density at radius 1 is 1.07 bits per heavy atom. The largest absolute Gasteiger partial charge is 0.497 e. The molecule has 2 aromatic rings. The van der Waals surface area contributed by atoms with Crippen LogP contribution >= 0.6 is 0 Å². The lowest BCUT2D eigenvalue weighted by Gasteiger charge is -2.09. The molecule has 0 aliphatic rings. The van der Waals surface area contributed by atoms with Crippen LogP contribution in [0.1, 0.15) is 24.5 Å². The van der Waals surface area contributed by atoms with Gasteiger partial charge in [0.1, 0.15) is 11.5 Å². The number of hydrogen-bond acceptors (Lipinski definition) is 5. The van der Waals surface area contributed by atoms with E-state index in [0.717, 1.165) is 0 Å². The summed E-state index contributed by atoms with van der Waals surface area (Å²) >= 11 is 0. The number of carbonyl (C=O) groups excluding carboxylic acids is 1. The zero-order valence-corrected chi connectivity index (χ0v) is 17.0. The van der Waals surface area contributed by atoms with E-state index >= 15 is 0 Å². The summed E-state index contributed by atoms with van der Waals surface area (Å²) < 4.78 is 15.8. The van der Waals surface area contributed by atoms with Crippen molar-refractivity contribution in [3.05, 3.63) is 83.2 Å². The van der Waals surface area contributed by atoms with E-state index in [9.17, 15) is 10.1 Å². The SMILES string of the molecule is [C-]#[N+]/C(=C(/C#N)c1ccc(OC)cc1)c1ccc(OCCCOC(=O)C(=C)C)cc1. The maximum atomic E-state index is 11.3. The van der Waals surface area contributed by atoms with Gasteiger partial charge in [-0.15, -0.1) is 0 Å². The van der Waals surface area contributed by atoms with E-state index < -0.39 is 5.97 Å². The van der Waals surface area contributed by atoms with E-state index in [2.05, 4.69) is 17.5 Å². The standard InChI is InChI=1S/C24H22N2O4/c1-17(2)24(27)30-15-5-14-29-21-12-8-19(9-13-21)23(26-3)22(16-25)18-6-10-20(28-4)11-7-18/h6-13H,1,5,14-15H2,2,4H3/b23-22-. The molecule has 0 N–H and O–H groups in total. The molecule has 0 bridgehead atoms. The summed E-state index contributed by atoms with van der Waals surface area (Å²) in [5, 5.41) is 9.61. The van der Waals surface area contributed by atoms with Crippen LogP contribution in [0.3, 0.4) is 0 Å². The average molecular weight is 402 g/mol. The van der Waals surface area contributed by atoms with Crippen molar-refractivity contribution >= 4 is 17.2 Å². The van der Waals surface area contributed by atoms with Crippen molar-refractivity contribution in [1.29, 1.82) is 5.26 Å². The van der Waals surface area contributed by atoms with Crippen LogP contribution in [0.5, 0.6) is 11.5 Å². The highest BCUT2D eigenvalue weighted by Gasteiger charge is 2.12. The minimum Gasteiger partial charge on any atom is -0.497 e. The molecule has 0 spiro atoms. The fourth-order valence-electron chi connectivity index (χ4n) is 2.52. The number of esters is 1. The third-order valence-corrected chi connectivity index (χ3v) is 4.11. The van der Waals surface area contributed by atoms with Crippen molar-refractivity contribution in [2.75, 3.05) is 20.3 Å². The molecule has 0 atom stereocenters. The molecule has 0 heterocycles. The first-order valence-corrected chi connectivity index (χ1v) is 9.22. The van der Waals surface area contributed by atoms with Crippen LogP contribution < -0.4 is 9.47 Å². The quantitative estimate of drug-likeness (QED) is 0.149. The van der Waals surface area contributed by atoms with Crippen molar-refractivity contribution in [1.82, 2.24) is 0 Å². The van der Waals surface area contributed by atoms with Gasteiger partial charge in [-0.25, -0.2) is 9.64 Å². The highest BCUT2D eigenvalue weighted by Crippen LogP contribution is 2.29. The van der Waals surface area contributed by atoms with Crippen LogP contribution in [0.4, 0.5) is 0 Å². The summed E-state index contributed by atoms with van der Waals surface area (Å²) in [5.41, 5.74) is 2.19. The molecule has 0 radical (unpaired) electrons. The van der Waals surface area contributed by atoms with Gasteiger partial charge in [0.2, 0.25) is 5.70 Å². The second-order valence-electron chi connectivity index (χ2n) is 6.32. The number of methoxy groups -OCH3 is 1. The highest BCUT2D eigenvalue weighted by atomic mass is 16.5. The van der Waals surface area contributed by atoms with Gasteiger partial charge >= 0.3 is 5.97 Å². The topological polar surface area (TPSA) is 72.9 Å². The summed E-state index contributed by atoms with van der Waals surface area (Å²) in [5.74, 6) is 0.886. The predicted molar refractivity (Wildman–Crippen MR) is 114 cm³/mol. The number of carbonyl (C=O) groups is 1. The number of allylic oxidation sites excluding steroid dienone is 1. The van der Waals surface area contributed by atoms with Gasteiger partial charge < -0.3 is 14.2 Å². The third kappa shape index (κ3) is 5.98. The first-order chi connectivity index (χ1) is 14.5. The Balaban J connectivity index is 2.06. The van der Waals surface area contributed by atoms with E-state index in [-0.39, 0.29) is 12.3 Å². The number of benzene rings is 2. The van der Waals surface area contributed by atoms with Gasteiger partial charge in [-0.2, -0.15) is 5.26 Å². The molecular formula is C24H22N2O4. The monoisotopic (exact) mass is 402 g/mol. The maximum absolute atomic E-state index is 11.3. The summed E-state index contributed by atoms with van der Waals surface area (Å²) in [6.07, 6.45) is 0.546. The maximum Gasteiger partial charge on any atom is 0.333 e. The number of rotatable bonds is 9. The average Bonchev–Trinajstić information content (AvgIpc) is 2.77. The fraction of sp³-hybridized carbons (Fsp3) is 0.208. The van der Waals surface area contributed by atoms with Gasteiger partial charge in [0, 0.05) is 12.0 Å². The predicted octanol–water partition coefficient (Wildman–Crippen LogP) is 4.89. The third-order valence-electron chi connectivity index (χ3n) is 4.11. The van der Waals surface area contributed by atoms with Gasteiger partial charge in [0.15, 0.2) is 0 Å². The minimum absolute atomic E-state index is 0.252. The van der Waals surface area contributed by atoms with Crippen molar-refractivity contribution in [2.45, 2.75) is 13.3 Å². The highest BCUT2D eigenvalue weighted by molar-refractivity contribution is 5.99. The Morgan fingerprint density at radius 3 is 2.20 bits per heavy atom. The molecule has 0 saturated carbocycles. The Hall–Kier alpha value is -4.03. The first-order valence-electron chi connectivity index (χ1n) is 9.22. The van der Waals surface area contributed by atoms with E-state index in [0.29, 0.717) is 46.8 Å². The zero-order chi connectivity index (χ0) is 21.9. The summed E-state index contributed by atoms with van der Waals surface area (Å²) in [4.78, 5) is 14.9. The van der Waals surface area contributed by atoms with Crippen molar-refractivity contribution in [3.8, 4) is 17.6 Å². The second-order valence-corrected chi connectivity index (χ2v) is 6.32. The van der Waals surface area contributed by atoms with Gasteiger partial charge in [-0.3, -0.25) is 0 Å². The van der Waals surface area contributed by atoms with Gasteiger partial charge in [-0.05, 0) is 42.3 Å². The zero-order valence-electron chi connectivity index (χ0n) is 17.0. The molecule has 0 aliphatic carbocycles. The summed E-state index contributed by atoms with van der Waals surface area (Å²) in [7, 11) is 1.57. The first kappa shape index (κ1) is 22.3. The van der Waals surface area contributed by atoms with E-state index in [4.69, 9.17) is 20.8 Å². The summed E-state index contributed by atoms with van der Waals surface area (Å²) in [6.45, 7) is 13.3. The summed E-state index contributed by atoms with van der Waals surface area (Å²) in [6, 6.07) is 16.1. The van der Waals surface area contributed by atoms with Crippen LogP contribution in [0.2, 0.25) is 0 Å². The molecular weight excluding hydrogens is 380 g/mol. The van der Waals surface area contributed by atoms with Crippen LogP contribution in [0.25, 0.3) is 16.1 Å². The molecule has 30 heavy (non-hydrogen) atoms. The molecule has 0 saturated heterocycles. The molecule has 0 fully saturated rings. The molecule has 0 amide bonds. The molecule has 0 aromatic heterocycles. The molecule has 6 nitrogen and oxygen atoms in total. The van der Waals surface area contributed by atoms with E-state index in [1.807, 2.05) is 0 Å². The van der Waals surface area contributed by atoms with Crippen molar-refractivity contribution in [2.24, 2.45) is 0 Å². The molecule has 2 rings (SSSR count). The van der Waals surface area contributed by atoms with E-state index in [1.54, 1.807) is 62.6 Å². The Morgan fingerprint density at radius 2 is 1.67 bits per heavy atom. The number of hydrogen-bond donors (Lipinski definition) is 0. The lowest BCUT2D eigenvalue weighted by atomic mass is 10.0. The van der Waals surface area contributed by atoms with Crippen LogP contribution in [0, 0.1) is 17.9 Å². The normalized spacial score (nSPS) is 10.8. The molecule has 0 aliphatic heterocycles. The lowest BCUT2D eigenvalue weighted by Crippen LogP contribution is -2.09. The molecule has 152 valence electrons. The Labute approximate surface area is 176 Å². The number of nitrogens with zero attached hydrogens (tertiary/aromatic N) is 2. The van der Waals surface area contributed by atoms with Crippen molar-refractivity contribution in [3.63, 3.8) is 0 Å². The fourth-order valence-corrected chi connectivity index (χ4v) is 2.52. The lowest BCUT2D eigenvalue weighted by molar-refractivity contribution is -0.139. The van der Waals surface area contributed by atoms with Crippen molar-refractivity contribution < 1.29 is 19.0 Å².